The molecule has 0 radical (unpaired) electrons. The van der Waals surface area contributed by atoms with Crippen molar-refractivity contribution in [1.82, 2.24) is 9.21 Å². The standard InChI is InChI=1S/C20H30N2O4S/c23-27(24,16-18-4-2-1-3-5-18)22-8-6-20(7-9-22)14-19(26-17-20)15-21-10-12-25-13-11-21/h1-5,19H,6-17H2/t19-/m0/s1. The molecule has 1 aromatic rings. The van der Waals surface area contributed by atoms with Crippen LogP contribution in [-0.4, -0.2) is 76.3 Å². The van der Waals surface area contributed by atoms with Crippen LogP contribution in [0.4, 0.5) is 0 Å². The molecule has 3 aliphatic rings. The van der Waals surface area contributed by atoms with E-state index in [0.717, 1.165) is 64.3 Å². The highest BCUT2D eigenvalue weighted by atomic mass is 32.2. The summed E-state index contributed by atoms with van der Waals surface area (Å²) in [6, 6.07) is 9.45. The van der Waals surface area contributed by atoms with E-state index in [-0.39, 0.29) is 17.3 Å². The Hall–Kier alpha value is -0.990. The Morgan fingerprint density at radius 1 is 1.04 bits per heavy atom. The second-order valence-electron chi connectivity index (χ2n) is 8.19. The number of benzene rings is 1. The Kier molecular flexibility index (Phi) is 5.85. The lowest BCUT2D eigenvalue weighted by atomic mass is 9.77. The molecular weight excluding hydrogens is 364 g/mol. The highest BCUT2D eigenvalue weighted by Gasteiger charge is 2.44. The molecule has 1 spiro atoms. The highest BCUT2D eigenvalue weighted by Crippen LogP contribution is 2.42. The molecule has 27 heavy (non-hydrogen) atoms. The second-order valence-corrected chi connectivity index (χ2v) is 10.2. The topological polar surface area (TPSA) is 59.1 Å². The van der Waals surface area contributed by atoms with Gasteiger partial charge in [-0.25, -0.2) is 12.7 Å². The zero-order chi connectivity index (χ0) is 18.7. The van der Waals surface area contributed by atoms with Crippen molar-refractivity contribution in [2.24, 2.45) is 5.41 Å². The van der Waals surface area contributed by atoms with Gasteiger partial charge in [0.05, 0.1) is 31.7 Å². The summed E-state index contributed by atoms with van der Waals surface area (Å²) < 4.78 is 38.7. The third-order valence-electron chi connectivity index (χ3n) is 6.22. The molecular formula is C20H30N2O4S. The van der Waals surface area contributed by atoms with Crippen LogP contribution in [0.2, 0.25) is 0 Å². The monoisotopic (exact) mass is 394 g/mol. The van der Waals surface area contributed by atoms with Gasteiger partial charge in [0.2, 0.25) is 10.0 Å². The predicted octanol–water partition coefficient (Wildman–Crippen LogP) is 1.72. The van der Waals surface area contributed by atoms with Gasteiger partial charge in [0, 0.05) is 32.7 Å². The maximum atomic E-state index is 12.8. The molecule has 0 aliphatic carbocycles. The molecule has 7 heteroatoms. The summed E-state index contributed by atoms with van der Waals surface area (Å²) in [5, 5.41) is 0. The fraction of sp³-hybridized carbons (Fsp3) is 0.700. The maximum Gasteiger partial charge on any atom is 0.218 e. The summed E-state index contributed by atoms with van der Waals surface area (Å²) >= 11 is 0. The van der Waals surface area contributed by atoms with Gasteiger partial charge < -0.3 is 9.47 Å². The summed E-state index contributed by atoms with van der Waals surface area (Å²) in [5.41, 5.74) is 1.02. The van der Waals surface area contributed by atoms with E-state index in [1.807, 2.05) is 30.3 Å². The molecule has 0 bridgehead atoms. The smallest absolute Gasteiger partial charge is 0.218 e. The molecule has 150 valence electrons. The molecule has 3 fully saturated rings. The van der Waals surface area contributed by atoms with Gasteiger partial charge in [-0.2, -0.15) is 0 Å². The van der Waals surface area contributed by atoms with E-state index in [4.69, 9.17) is 9.47 Å². The molecule has 6 nitrogen and oxygen atoms in total. The van der Waals surface area contributed by atoms with Gasteiger partial charge in [-0.3, -0.25) is 4.90 Å². The van der Waals surface area contributed by atoms with Gasteiger partial charge in [0.1, 0.15) is 0 Å². The molecule has 0 saturated carbocycles. The van der Waals surface area contributed by atoms with E-state index in [1.165, 1.54) is 0 Å². The van der Waals surface area contributed by atoms with Crippen molar-refractivity contribution in [3.05, 3.63) is 35.9 Å². The van der Waals surface area contributed by atoms with Crippen molar-refractivity contribution >= 4 is 10.0 Å². The first-order valence-corrected chi connectivity index (χ1v) is 11.6. The van der Waals surface area contributed by atoms with Crippen molar-refractivity contribution in [3.63, 3.8) is 0 Å². The first-order valence-electron chi connectivity index (χ1n) is 9.98. The average molecular weight is 395 g/mol. The molecule has 3 aliphatic heterocycles. The zero-order valence-electron chi connectivity index (χ0n) is 15.9. The summed E-state index contributed by atoms with van der Waals surface area (Å²) in [6.45, 7) is 6.57. The molecule has 0 aromatic heterocycles. The molecule has 3 saturated heterocycles. The maximum absolute atomic E-state index is 12.8. The van der Waals surface area contributed by atoms with Crippen LogP contribution in [0.25, 0.3) is 0 Å². The van der Waals surface area contributed by atoms with Crippen molar-refractivity contribution in [2.45, 2.75) is 31.1 Å². The molecule has 3 heterocycles. The quantitative estimate of drug-likeness (QED) is 0.761. The normalized spacial score (nSPS) is 27.2. The number of hydrogen-bond donors (Lipinski definition) is 0. The summed E-state index contributed by atoms with van der Waals surface area (Å²) in [7, 11) is -3.25. The summed E-state index contributed by atoms with van der Waals surface area (Å²) in [6.07, 6.45) is 3.13. The third-order valence-corrected chi connectivity index (χ3v) is 8.07. The van der Waals surface area contributed by atoms with Gasteiger partial charge in [0.25, 0.3) is 0 Å². The Morgan fingerprint density at radius 3 is 2.44 bits per heavy atom. The van der Waals surface area contributed by atoms with E-state index in [0.29, 0.717) is 13.1 Å². The van der Waals surface area contributed by atoms with E-state index in [2.05, 4.69) is 4.90 Å². The van der Waals surface area contributed by atoms with Gasteiger partial charge in [-0.05, 0) is 30.2 Å². The van der Waals surface area contributed by atoms with Gasteiger partial charge >= 0.3 is 0 Å². The van der Waals surface area contributed by atoms with Crippen molar-refractivity contribution in [2.75, 3.05) is 52.5 Å². The summed E-state index contributed by atoms with van der Waals surface area (Å²) in [4.78, 5) is 2.42. The third kappa shape index (κ3) is 4.71. The van der Waals surface area contributed by atoms with E-state index in [1.54, 1.807) is 4.31 Å². The fourth-order valence-corrected chi connectivity index (χ4v) is 6.08. The molecule has 1 atom stereocenters. The van der Waals surface area contributed by atoms with E-state index in [9.17, 15) is 8.42 Å². The van der Waals surface area contributed by atoms with Crippen LogP contribution in [0, 0.1) is 5.41 Å². The number of hydrogen-bond acceptors (Lipinski definition) is 5. The minimum Gasteiger partial charge on any atom is -0.379 e. The number of morpholine rings is 1. The number of sulfonamides is 1. The Balaban J connectivity index is 1.29. The number of ether oxygens (including phenoxy) is 2. The van der Waals surface area contributed by atoms with E-state index < -0.39 is 10.0 Å². The van der Waals surface area contributed by atoms with Crippen molar-refractivity contribution in [1.29, 1.82) is 0 Å². The predicted molar refractivity (Wildman–Crippen MR) is 104 cm³/mol. The zero-order valence-corrected chi connectivity index (χ0v) is 16.7. The minimum atomic E-state index is -3.25. The lowest BCUT2D eigenvalue weighted by Crippen LogP contribution is -2.44. The Labute approximate surface area is 162 Å². The number of nitrogens with zero attached hydrogens (tertiary/aromatic N) is 2. The Bertz CT molecular complexity index is 711. The molecule has 0 N–H and O–H groups in total. The van der Waals surface area contributed by atoms with Crippen LogP contribution in [-0.2, 0) is 25.2 Å². The molecule has 0 amide bonds. The van der Waals surface area contributed by atoms with Gasteiger partial charge in [-0.1, -0.05) is 30.3 Å². The lowest BCUT2D eigenvalue weighted by Gasteiger charge is -2.38. The minimum absolute atomic E-state index is 0.0942. The Morgan fingerprint density at radius 2 is 1.74 bits per heavy atom. The van der Waals surface area contributed by atoms with Crippen LogP contribution >= 0.6 is 0 Å². The molecule has 4 rings (SSSR count). The van der Waals surface area contributed by atoms with Crippen molar-refractivity contribution < 1.29 is 17.9 Å². The lowest BCUT2D eigenvalue weighted by molar-refractivity contribution is 0.00567. The van der Waals surface area contributed by atoms with Gasteiger partial charge in [0.15, 0.2) is 0 Å². The summed E-state index contributed by atoms with van der Waals surface area (Å²) in [5.74, 6) is 0.0942. The SMILES string of the molecule is O=S(=O)(Cc1ccccc1)N1CCC2(CC1)CO[C@H](CN1CCOCC1)C2. The fourth-order valence-electron chi connectivity index (χ4n) is 4.55. The second kappa shape index (κ2) is 8.17. The first-order chi connectivity index (χ1) is 13.0. The molecule has 0 unspecified atom stereocenters. The van der Waals surface area contributed by atoms with Crippen LogP contribution < -0.4 is 0 Å². The average Bonchev–Trinajstić information content (AvgIpc) is 3.05. The van der Waals surface area contributed by atoms with Crippen LogP contribution in [0.1, 0.15) is 24.8 Å². The number of piperidine rings is 1. The van der Waals surface area contributed by atoms with Gasteiger partial charge in [-0.15, -0.1) is 0 Å². The largest absolute Gasteiger partial charge is 0.379 e. The van der Waals surface area contributed by atoms with Crippen LogP contribution in [0.5, 0.6) is 0 Å². The van der Waals surface area contributed by atoms with E-state index >= 15 is 0 Å². The highest BCUT2D eigenvalue weighted by molar-refractivity contribution is 7.88. The van der Waals surface area contributed by atoms with Crippen LogP contribution in [0.3, 0.4) is 0 Å². The van der Waals surface area contributed by atoms with Crippen LogP contribution in [0.15, 0.2) is 30.3 Å². The molecule has 1 aromatic carbocycles. The van der Waals surface area contributed by atoms with Crippen molar-refractivity contribution in [3.8, 4) is 0 Å². The number of rotatable bonds is 5. The first kappa shape index (κ1) is 19.3.